The molecule has 2 N–H and O–H groups in total. The van der Waals surface area contributed by atoms with Crippen molar-refractivity contribution in [1.29, 1.82) is 0 Å². The Morgan fingerprint density at radius 1 is 0.630 bits per heavy atom. The first-order valence-electron chi connectivity index (χ1n) is 16.5. The number of hydrogen-bond donors (Lipinski definition) is 2. The predicted octanol–water partition coefficient (Wildman–Crippen LogP) is 7.62. The number of nitrogens with zero attached hydrogens (tertiary/aromatic N) is 6. The highest BCUT2D eigenvalue weighted by atomic mass is 32.1. The largest absolute Gasteiger partial charge is 0.358 e. The third-order valence-corrected chi connectivity index (χ3v) is 10.3. The van der Waals surface area contributed by atoms with Gasteiger partial charge in [-0.05, 0) is 77.9 Å². The molecule has 3 aromatic heterocycles. The molecule has 4 aromatic carbocycles. The summed E-state index contributed by atoms with van der Waals surface area (Å²) < 4.78 is 58.8. The minimum Gasteiger partial charge on any atom is -0.358 e. The Hall–Kier alpha value is -6.00. The molecule has 7 rings (SSSR count). The lowest BCUT2D eigenvalue weighted by Gasteiger charge is -2.26. The normalized spacial score (nSPS) is 12.4. The van der Waals surface area contributed by atoms with E-state index in [0.717, 1.165) is 45.8 Å². The Morgan fingerprint density at radius 3 is 1.57 bits per heavy atom. The van der Waals surface area contributed by atoms with Crippen LogP contribution in [0.5, 0.6) is 0 Å². The monoisotopic (exact) mass is 770 g/mol. The molecule has 0 radical (unpaired) electrons. The lowest BCUT2D eigenvalue weighted by molar-refractivity contribution is -0.119. The molecule has 274 valence electrons. The molecule has 0 bridgehead atoms. The molecule has 0 saturated carbocycles. The molecule has 0 aliphatic heterocycles. The van der Waals surface area contributed by atoms with E-state index in [2.05, 4.69) is 30.6 Å². The Kier molecular flexibility index (Phi) is 10.5. The molecular weight excluding hydrogens is 741 g/mol. The zero-order chi connectivity index (χ0) is 37.9. The van der Waals surface area contributed by atoms with Crippen molar-refractivity contribution in [2.24, 2.45) is 0 Å². The van der Waals surface area contributed by atoms with Crippen LogP contribution in [-0.4, -0.2) is 57.9 Å². The molecule has 2 atom stereocenters. The van der Waals surface area contributed by atoms with E-state index >= 15 is 0 Å². The number of carbonyl (C=O) groups is 2. The third kappa shape index (κ3) is 8.29. The Balaban J connectivity index is 1.17. The number of benzene rings is 4. The van der Waals surface area contributed by atoms with Crippen LogP contribution in [-0.2, 0) is 22.4 Å². The molecule has 0 fully saturated rings. The van der Waals surface area contributed by atoms with Crippen molar-refractivity contribution in [2.75, 3.05) is 34.5 Å². The fourth-order valence-electron chi connectivity index (χ4n) is 6.00. The topological polar surface area (TPSA) is 116 Å². The van der Waals surface area contributed by atoms with Crippen molar-refractivity contribution in [3.63, 3.8) is 0 Å². The van der Waals surface area contributed by atoms with Crippen LogP contribution in [0.3, 0.4) is 0 Å². The van der Waals surface area contributed by atoms with Gasteiger partial charge in [-0.2, -0.15) is 4.98 Å². The van der Waals surface area contributed by atoms with Crippen LogP contribution in [0, 0.1) is 23.3 Å². The van der Waals surface area contributed by atoms with Crippen molar-refractivity contribution >= 4 is 78.1 Å². The second-order valence-electron chi connectivity index (χ2n) is 12.4. The number of anilines is 4. The van der Waals surface area contributed by atoms with Gasteiger partial charge in [0.1, 0.15) is 41.2 Å². The minimum atomic E-state index is -1.11. The predicted molar refractivity (Wildman–Crippen MR) is 203 cm³/mol. The van der Waals surface area contributed by atoms with Gasteiger partial charge in [0.2, 0.25) is 17.8 Å². The van der Waals surface area contributed by atoms with Crippen LogP contribution < -0.4 is 20.4 Å². The Labute approximate surface area is 314 Å². The summed E-state index contributed by atoms with van der Waals surface area (Å²) in [5.74, 6) is -3.98. The van der Waals surface area contributed by atoms with E-state index in [9.17, 15) is 27.2 Å². The van der Waals surface area contributed by atoms with Gasteiger partial charge in [0.25, 0.3) is 0 Å². The molecule has 54 heavy (non-hydrogen) atoms. The zero-order valence-corrected chi connectivity index (χ0v) is 30.3. The number of hydrogen-bond acceptors (Lipinski definition) is 10. The van der Waals surface area contributed by atoms with Crippen molar-refractivity contribution in [3.8, 4) is 0 Å². The molecule has 7 aromatic rings. The van der Waals surface area contributed by atoms with Gasteiger partial charge < -0.3 is 20.4 Å². The first-order valence-corrected chi connectivity index (χ1v) is 18.2. The third-order valence-electron chi connectivity index (χ3n) is 8.67. The van der Waals surface area contributed by atoms with E-state index in [0.29, 0.717) is 22.4 Å². The molecule has 3 heterocycles. The van der Waals surface area contributed by atoms with Crippen LogP contribution in [0.25, 0.3) is 20.4 Å². The smallest absolute Gasteiger partial charge is 0.249 e. The van der Waals surface area contributed by atoms with Crippen molar-refractivity contribution < 1.29 is 27.2 Å². The SMILES string of the molecule is CN(C(=O)[C@H](Cc1cc(F)cc(F)c1)Nc1ccnc(N[C@@H](Cc2cc(F)cc(F)c2)C(=O)N(C)c2ccc3scnc3c2)n1)c1ccc2scnc2c1. The van der Waals surface area contributed by atoms with Crippen molar-refractivity contribution in [3.05, 3.63) is 130 Å². The maximum Gasteiger partial charge on any atom is 0.249 e. The van der Waals surface area contributed by atoms with Crippen LogP contribution in [0.4, 0.5) is 40.7 Å². The van der Waals surface area contributed by atoms with Crippen LogP contribution in [0.1, 0.15) is 11.1 Å². The summed E-state index contributed by atoms with van der Waals surface area (Å²) in [6, 6.07) is 16.1. The molecular formula is C38H30F4N8O2S2. The lowest BCUT2D eigenvalue weighted by Crippen LogP contribution is -2.43. The number of fused-ring (bicyclic) bond motifs is 2. The van der Waals surface area contributed by atoms with E-state index in [-0.39, 0.29) is 35.7 Å². The average Bonchev–Trinajstić information content (AvgIpc) is 3.82. The van der Waals surface area contributed by atoms with Gasteiger partial charge >= 0.3 is 0 Å². The quantitative estimate of drug-likeness (QED) is 0.122. The van der Waals surface area contributed by atoms with E-state index in [4.69, 9.17) is 0 Å². The highest BCUT2D eigenvalue weighted by molar-refractivity contribution is 7.17. The lowest BCUT2D eigenvalue weighted by atomic mass is 10.0. The molecule has 0 aliphatic carbocycles. The van der Waals surface area contributed by atoms with Gasteiger partial charge in [-0.1, -0.05) is 0 Å². The highest BCUT2D eigenvalue weighted by Crippen LogP contribution is 2.27. The maximum atomic E-state index is 14.2. The van der Waals surface area contributed by atoms with E-state index in [1.54, 1.807) is 49.4 Å². The van der Waals surface area contributed by atoms with E-state index in [1.807, 2.05) is 12.1 Å². The number of rotatable bonds is 12. The van der Waals surface area contributed by atoms with Crippen LogP contribution in [0.2, 0.25) is 0 Å². The fourth-order valence-corrected chi connectivity index (χ4v) is 7.32. The van der Waals surface area contributed by atoms with E-state index < -0.39 is 47.2 Å². The standard InChI is InChI=1S/C38H30F4N8O2S2/c1-49(27-3-5-33-29(17-27)44-19-53-33)36(51)31(13-21-9-23(39)15-24(40)10-21)46-35-7-8-43-38(48-35)47-32(14-22-11-25(41)16-26(42)12-22)37(52)50(2)28-4-6-34-30(18-28)45-20-54-34/h3-12,15-20,31-32H,13-14H2,1-2H3,(H2,43,46,47,48)/t31-,32-/m0/s1. The summed E-state index contributed by atoms with van der Waals surface area (Å²) >= 11 is 2.92. The fraction of sp³-hybridized carbons (Fsp3) is 0.158. The summed E-state index contributed by atoms with van der Waals surface area (Å²) in [6.45, 7) is 0. The number of amides is 2. The number of aromatic nitrogens is 4. The van der Waals surface area contributed by atoms with Crippen LogP contribution in [0.15, 0.2) is 96.1 Å². The number of likely N-dealkylation sites (N-methyl/N-ethyl adjacent to an activating group) is 2. The van der Waals surface area contributed by atoms with Gasteiger partial charge in [-0.25, -0.2) is 32.5 Å². The maximum absolute atomic E-state index is 14.2. The van der Waals surface area contributed by atoms with Gasteiger partial charge in [0, 0.05) is 56.6 Å². The summed E-state index contributed by atoms with van der Waals surface area (Å²) in [5.41, 5.74) is 6.34. The van der Waals surface area contributed by atoms with Crippen LogP contribution >= 0.6 is 22.7 Å². The van der Waals surface area contributed by atoms with Gasteiger partial charge in [-0.15, -0.1) is 22.7 Å². The summed E-state index contributed by atoms with van der Waals surface area (Å²) in [5, 5.41) is 6.09. The highest BCUT2D eigenvalue weighted by Gasteiger charge is 2.28. The molecule has 16 heteroatoms. The number of halogens is 4. The minimum absolute atomic E-state index is 0.0380. The second-order valence-corrected chi connectivity index (χ2v) is 14.2. The summed E-state index contributed by atoms with van der Waals surface area (Å²) in [7, 11) is 3.15. The zero-order valence-electron chi connectivity index (χ0n) is 28.6. The molecule has 2 amide bonds. The van der Waals surface area contributed by atoms with Crippen molar-refractivity contribution in [2.45, 2.75) is 24.9 Å². The average molecular weight is 771 g/mol. The molecule has 10 nitrogen and oxygen atoms in total. The molecule has 0 unspecified atom stereocenters. The Morgan fingerprint density at radius 2 is 1.09 bits per heavy atom. The van der Waals surface area contributed by atoms with E-state index in [1.165, 1.54) is 44.7 Å². The van der Waals surface area contributed by atoms with Gasteiger partial charge in [0.15, 0.2) is 0 Å². The molecule has 0 spiro atoms. The van der Waals surface area contributed by atoms with Gasteiger partial charge in [0.05, 0.1) is 31.5 Å². The first-order chi connectivity index (χ1) is 26.0. The van der Waals surface area contributed by atoms with Crippen molar-refractivity contribution in [1.82, 2.24) is 19.9 Å². The molecule has 0 aliphatic rings. The number of nitrogens with one attached hydrogen (secondary N) is 2. The molecule has 0 saturated heterocycles. The van der Waals surface area contributed by atoms with Gasteiger partial charge in [-0.3, -0.25) is 9.59 Å². The summed E-state index contributed by atoms with van der Waals surface area (Å²) in [4.78, 5) is 48.4. The Bertz CT molecular complexity index is 2290. The number of thiazole rings is 2. The number of carbonyl (C=O) groups excluding carboxylic acids is 2. The second kappa shape index (κ2) is 15.5. The summed E-state index contributed by atoms with van der Waals surface area (Å²) in [6.07, 6.45) is 1.13. The first kappa shape index (κ1) is 36.4.